The van der Waals surface area contributed by atoms with Crippen LogP contribution in [0.25, 0.3) is 101 Å². The quantitative estimate of drug-likeness (QED) is 0.155. The summed E-state index contributed by atoms with van der Waals surface area (Å²) in [5.74, 6) is 2.50. The van der Waals surface area contributed by atoms with E-state index in [0.717, 1.165) is 77.8 Å². The molecule has 0 spiro atoms. The fraction of sp³-hybridized carbons (Fsp3) is 0. The molecule has 0 atom stereocenters. The Morgan fingerprint density at radius 2 is 0.690 bits per heavy atom. The molecule has 0 saturated carbocycles. The van der Waals surface area contributed by atoms with Crippen LogP contribution in [0.1, 0.15) is 0 Å². The van der Waals surface area contributed by atoms with Crippen LogP contribution < -0.4 is 0 Å². The van der Waals surface area contributed by atoms with Gasteiger partial charge in [-0.05, 0) is 57.6 Å². The van der Waals surface area contributed by atoms with Gasteiger partial charge in [-0.15, -0.1) is 0 Å². The highest BCUT2D eigenvalue weighted by molar-refractivity contribution is 5.95. The Hall–Kier alpha value is -7.89. The fourth-order valence-corrected chi connectivity index (χ4v) is 7.51. The second-order valence-electron chi connectivity index (χ2n) is 14.1. The van der Waals surface area contributed by atoms with Gasteiger partial charge in [-0.3, -0.25) is 0 Å². The van der Waals surface area contributed by atoms with Crippen molar-refractivity contribution in [1.82, 2.24) is 24.9 Å². The predicted molar refractivity (Wildman–Crippen MR) is 236 cm³/mol. The van der Waals surface area contributed by atoms with E-state index in [-0.39, 0.29) is 0 Å². The number of hydrogen-bond acceptors (Lipinski definition) is 5. The fourth-order valence-electron chi connectivity index (χ4n) is 7.51. The van der Waals surface area contributed by atoms with Crippen LogP contribution in [0, 0.1) is 0 Å². The van der Waals surface area contributed by atoms with Crippen molar-refractivity contribution in [2.75, 3.05) is 0 Å². The molecule has 5 heteroatoms. The topological polar surface area (TPSA) is 64.5 Å². The van der Waals surface area contributed by atoms with Crippen LogP contribution in [0.4, 0.5) is 0 Å². The van der Waals surface area contributed by atoms with Crippen molar-refractivity contribution in [3.63, 3.8) is 0 Å². The first-order valence-corrected chi connectivity index (χ1v) is 19.3. The highest BCUT2D eigenvalue weighted by Crippen LogP contribution is 2.40. The lowest BCUT2D eigenvalue weighted by molar-refractivity contribution is 1.07. The number of fused-ring (bicyclic) bond motifs is 1. The Morgan fingerprint density at radius 3 is 1.36 bits per heavy atom. The molecule has 272 valence electrons. The van der Waals surface area contributed by atoms with Crippen LogP contribution in [-0.4, -0.2) is 24.9 Å². The van der Waals surface area contributed by atoms with Gasteiger partial charge in [0, 0.05) is 33.2 Å². The van der Waals surface area contributed by atoms with Gasteiger partial charge in [0.1, 0.15) is 0 Å². The minimum absolute atomic E-state index is 0.595. The van der Waals surface area contributed by atoms with Gasteiger partial charge >= 0.3 is 0 Å². The minimum atomic E-state index is 0.595. The van der Waals surface area contributed by atoms with E-state index in [0.29, 0.717) is 23.3 Å². The molecule has 0 aliphatic rings. The van der Waals surface area contributed by atoms with Crippen molar-refractivity contribution in [3.8, 4) is 90.2 Å². The average molecular weight is 742 g/mol. The summed E-state index contributed by atoms with van der Waals surface area (Å²) in [4.78, 5) is 25.7. The van der Waals surface area contributed by atoms with Crippen LogP contribution in [0.2, 0.25) is 0 Å². The zero-order chi connectivity index (χ0) is 38.7. The van der Waals surface area contributed by atoms with Crippen LogP contribution in [0.15, 0.2) is 212 Å². The summed E-state index contributed by atoms with van der Waals surface area (Å²) in [6.07, 6.45) is 0. The van der Waals surface area contributed by atoms with Crippen LogP contribution in [-0.2, 0) is 0 Å². The standard InChI is InChI=1S/C53H35N5/c1-5-18-36(19-6-1)40-26-17-27-41(34-40)47-35-42(32-33-45(47)53-57-50(38-22-9-3-10-23-38)56-51(58-53)39-24-11-4-12-25-39)43-28-13-14-29-44(43)52-54-48-31-16-15-30-46(48)49(55-52)37-20-7-2-8-21-37/h1-35H. The van der Waals surface area contributed by atoms with Gasteiger partial charge in [0.15, 0.2) is 23.3 Å². The molecule has 5 nitrogen and oxygen atoms in total. The van der Waals surface area contributed by atoms with Gasteiger partial charge < -0.3 is 0 Å². The zero-order valence-corrected chi connectivity index (χ0v) is 31.4. The second-order valence-corrected chi connectivity index (χ2v) is 14.1. The van der Waals surface area contributed by atoms with Crippen molar-refractivity contribution in [3.05, 3.63) is 212 Å². The molecule has 10 rings (SSSR count). The molecule has 8 aromatic carbocycles. The third-order valence-corrected chi connectivity index (χ3v) is 10.4. The molecule has 2 aromatic heterocycles. The summed E-state index contributed by atoms with van der Waals surface area (Å²) >= 11 is 0. The Bertz CT molecular complexity index is 2980. The van der Waals surface area contributed by atoms with Gasteiger partial charge in [0.2, 0.25) is 0 Å². The van der Waals surface area contributed by atoms with Gasteiger partial charge in [-0.2, -0.15) is 0 Å². The zero-order valence-electron chi connectivity index (χ0n) is 31.4. The maximum atomic E-state index is 5.26. The van der Waals surface area contributed by atoms with Crippen molar-refractivity contribution in [1.29, 1.82) is 0 Å². The van der Waals surface area contributed by atoms with Crippen molar-refractivity contribution in [2.24, 2.45) is 0 Å². The monoisotopic (exact) mass is 741 g/mol. The van der Waals surface area contributed by atoms with E-state index in [1.54, 1.807) is 0 Å². The van der Waals surface area contributed by atoms with E-state index in [1.165, 1.54) is 0 Å². The van der Waals surface area contributed by atoms with E-state index in [9.17, 15) is 0 Å². The molecule has 0 fully saturated rings. The molecule has 0 N–H and O–H groups in total. The predicted octanol–water partition coefficient (Wildman–Crippen LogP) is 13.2. The normalized spacial score (nSPS) is 11.1. The third kappa shape index (κ3) is 6.82. The number of rotatable bonds is 8. The number of nitrogens with zero attached hydrogens (tertiary/aromatic N) is 5. The van der Waals surface area contributed by atoms with Crippen LogP contribution >= 0.6 is 0 Å². The number of hydrogen-bond donors (Lipinski definition) is 0. The first-order valence-electron chi connectivity index (χ1n) is 19.3. The van der Waals surface area contributed by atoms with Gasteiger partial charge in [-0.25, -0.2) is 24.9 Å². The molecule has 0 aliphatic carbocycles. The molecule has 0 unspecified atom stereocenters. The maximum Gasteiger partial charge on any atom is 0.164 e. The third-order valence-electron chi connectivity index (χ3n) is 10.4. The highest BCUT2D eigenvalue weighted by Gasteiger charge is 2.20. The highest BCUT2D eigenvalue weighted by atomic mass is 15.0. The van der Waals surface area contributed by atoms with E-state index in [2.05, 4.69) is 115 Å². The van der Waals surface area contributed by atoms with Crippen molar-refractivity contribution in [2.45, 2.75) is 0 Å². The molecular weight excluding hydrogens is 707 g/mol. The lowest BCUT2D eigenvalue weighted by atomic mass is 9.90. The molecule has 2 heterocycles. The summed E-state index contributed by atoms with van der Waals surface area (Å²) in [5, 5.41) is 1.02. The average Bonchev–Trinajstić information content (AvgIpc) is 3.32. The largest absolute Gasteiger partial charge is 0.228 e. The maximum absolute atomic E-state index is 5.26. The molecule has 0 aliphatic heterocycles. The Labute approximate surface area is 337 Å². The molecule has 0 radical (unpaired) electrons. The number of para-hydroxylation sites is 1. The summed E-state index contributed by atoms with van der Waals surface area (Å²) in [5.41, 5.74) is 12.9. The number of benzene rings is 8. The van der Waals surface area contributed by atoms with E-state index in [1.807, 2.05) is 97.1 Å². The van der Waals surface area contributed by atoms with Crippen molar-refractivity contribution < 1.29 is 0 Å². The lowest BCUT2D eigenvalue weighted by Crippen LogP contribution is -2.01. The summed E-state index contributed by atoms with van der Waals surface area (Å²) < 4.78 is 0. The van der Waals surface area contributed by atoms with Crippen LogP contribution in [0.5, 0.6) is 0 Å². The minimum Gasteiger partial charge on any atom is -0.228 e. The summed E-state index contributed by atoms with van der Waals surface area (Å²) in [7, 11) is 0. The van der Waals surface area contributed by atoms with Gasteiger partial charge in [-0.1, -0.05) is 188 Å². The van der Waals surface area contributed by atoms with E-state index in [4.69, 9.17) is 24.9 Å². The number of aromatic nitrogens is 5. The second kappa shape index (κ2) is 15.3. The van der Waals surface area contributed by atoms with Crippen molar-refractivity contribution >= 4 is 10.9 Å². The Kier molecular flexibility index (Phi) is 9.14. The Balaban J connectivity index is 1.19. The molecule has 0 saturated heterocycles. The first kappa shape index (κ1) is 34.6. The molecule has 0 bridgehead atoms. The van der Waals surface area contributed by atoms with E-state index < -0.39 is 0 Å². The van der Waals surface area contributed by atoms with Crippen LogP contribution in [0.3, 0.4) is 0 Å². The SMILES string of the molecule is c1ccc(-c2cccc(-c3cc(-c4ccccc4-c4nc(-c5ccccc5)c5ccccc5n4)ccc3-c3nc(-c4ccccc4)nc(-c4ccccc4)n3)c2)cc1. The summed E-state index contributed by atoms with van der Waals surface area (Å²) in [6.45, 7) is 0. The van der Waals surface area contributed by atoms with Gasteiger partial charge in [0.05, 0.1) is 11.2 Å². The molecule has 10 aromatic rings. The van der Waals surface area contributed by atoms with Gasteiger partial charge in [0.25, 0.3) is 0 Å². The first-order chi connectivity index (χ1) is 28.7. The molecule has 0 amide bonds. The molecule has 58 heavy (non-hydrogen) atoms. The van der Waals surface area contributed by atoms with E-state index >= 15 is 0 Å². The molecular formula is C53H35N5. The lowest BCUT2D eigenvalue weighted by Gasteiger charge is -2.16. The smallest absolute Gasteiger partial charge is 0.164 e. The Morgan fingerprint density at radius 1 is 0.224 bits per heavy atom. The summed E-state index contributed by atoms with van der Waals surface area (Å²) in [6, 6.07) is 72.9.